The summed E-state index contributed by atoms with van der Waals surface area (Å²) in [6.07, 6.45) is 0. The molecule has 0 radical (unpaired) electrons. The van der Waals surface area contributed by atoms with E-state index in [1.165, 1.54) is 106 Å². The zero-order valence-electron chi connectivity index (χ0n) is 33.8. The molecule has 0 amide bonds. The molecule has 4 heterocycles. The minimum atomic E-state index is 1.01. The highest BCUT2D eigenvalue weighted by molar-refractivity contribution is 7.27. The second-order valence-corrected chi connectivity index (χ2v) is 18.8. The zero-order valence-corrected chi connectivity index (χ0v) is 35.5. The van der Waals surface area contributed by atoms with Crippen molar-refractivity contribution in [1.29, 1.82) is 0 Å². The Hall–Kier alpha value is -7.63. The minimum absolute atomic E-state index is 1.01. The van der Waals surface area contributed by atoms with Crippen LogP contribution in [0.4, 0.5) is 0 Å². The summed E-state index contributed by atoms with van der Waals surface area (Å²) in [7, 11) is 0. The lowest BCUT2D eigenvalue weighted by Gasteiger charge is -2.14. The number of thiophene rings is 2. The Morgan fingerprint density at radius 2 is 0.921 bits per heavy atom. The van der Waals surface area contributed by atoms with Gasteiger partial charge in [-0.15, -0.1) is 22.7 Å². The molecule has 0 unspecified atom stereocenters. The lowest BCUT2D eigenvalue weighted by molar-refractivity contribution is 1.25. The third-order valence-electron chi connectivity index (χ3n) is 13.2. The lowest BCUT2D eigenvalue weighted by Crippen LogP contribution is -1.93. The van der Waals surface area contributed by atoms with Crippen molar-refractivity contribution < 1.29 is 0 Å². The molecular formula is C59H34N2S2. The van der Waals surface area contributed by atoms with Crippen LogP contribution >= 0.6 is 22.7 Å². The average molecular weight is 835 g/mol. The molecule has 63 heavy (non-hydrogen) atoms. The fraction of sp³-hybridized carbons (Fsp3) is 0. The van der Waals surface area contributed by atoms with Crippen LogP contribution in [0.15, 0.2) is 206 Å². The number of aromatic nitrogens is 2. The van der Waals surface area contributed by atoms with Crippen LogP contribution in [0.2, 0.25) is 0 Å². The van der Waals surface area contributed by atoms with Gasteiger partial charge < -0.3 is 0 Å². The van der Waals surface area contributed by atoms with E-state index in [1.54, 1.807) is 0 Å². The fourth-order valence-corrected chi connectivity index (χ4v) is 12.5. The summed E-state index contributed by atoms with van der Waals surface area (Å²) in [5, 5.41) is 12.6. The molecule has 14 aromatic rings. The van der Waals surface area contributed by atoms with Crippen molar-refractivity contribution in [3.8, 4) is 44.6 Å². The predicted molar refractivity (Wildman–Crippen MR) is 273 cm³/mol. The zero-order chi connectivity index (χ0) is 41.2. The maximum Gasteiger partial charge on any atom is 0.156 e. The van der Waals surface area contributed by atoms with Gasteiger partial charge in [0.2, 0.25) is 0 Å². The molecule has 0 aliphatic rings. The molecule has 0 bridgehead atoms. The number of benzene rings is 10. The first-order valence-electron chi connectivity index (χ1n) is 21.4. The van der Waals surface area contributed by atoms with Crippen molar-refractivity contribution in [1.82, 2.24) is 9.38 Å². The first kappa shape index (κ1) is 35.0. The van der Waals surface area contributed by atoms with E-state index < -0.39 is 0 Å². The molecule has 0 saturated carbocycles. The number of pyridine rings is 1. The van der Waals surface area contributed by atoms with Gasteiger partial charge in [-0.05, 0) is 96.2 Å². The van der Waals surface area contributed by atoms with Gasteiger partial charge in [0.05, 0.1) is 21.4 Å². The molecule has 0 aliphatic heterocycles. The summed E-state index contributed by atoms with van der Waals surface area (Å²) in [5.41, 5.74) is 12.8. The van der Waals surface area contributed by atoms with Gasteiger partial charge in [-0.1, -0.05) is 176 Å². The second-order valence-electron chi connectivity index (χ2n) is 16.6. The molecule has 14 rings (SSSR count). The molecular weight excluding hydrogens is 801 g/mol. The Balaban J connectivity index is 0.881. The molecule has 0 saturated heterocycles. The molecule has 0 aliphatic carbocycles. The van der Waals surface area contributed by atoms with Crippen molar-refractivity contribution in [3.63, 3.8) is 0 Å². The lowest BCUT2D eigenvalue weighted by atomic mass is 9.91. The summed E-state index contributed by atoms with van der Waals surface area (Å²) in [4.78, 5) is 5.48. The summed E-state index contributed by atoms with van der Waals surface area (Å²) >= 11 is 3.72. The average Bonchev–Trinajstić information content (AvgIpc) is 4.05. The van der Waals surface area contributed by atoms with E-state index in [0.717, 1.165) is 27.9 Å². The van der Waals surface area contributed by atoms with E-state index in [2.05, 4.69) is 211 Å². The van der Waals surface area contributed by atoms with Crippen LogP contribution in [0.25, 0.3) is 134 Å². The Morgan fingerprint density at radius 3 is 1.67 bits per heavy atom. The normalized spacial score (nSPS) is 12.1. The molecule has 0 spiro atoms. The van der Waals surface area contributed by atoms with Crippen molar-refractivity contribution in [3.05, 3.63) is 206 Å². The third kappa shape index (κ3) is 5.26. The van der Waals surface area contributed by atoms with E-state index in [-0.39, 0.29) is 0 Å². The van der Waals surface area contributed by atoms with Crippen LogP contribution in [-0.2, 0) is 0 Å². The Labute approximate surface area is 370 Å². The van der Waals surface area contributed by atoms with Gasteiger partial charge in [-0.2, -0.15) is 0 Å². The van der Waals surface area contributed by atoms with Gasteiger partial charge in [0.15, 0.2) is 5.65 Å². The van der Waals surface area contributed by atoms with Gasteiger partial charge in [0.25, 0.3) is 0 Å². The van der Waals surface area contributed by atoms with Crippen LogP contribution in [0.3, 0.4) is 0 Å². The quantitative estimate of drug-likeness (QED) is 0.173. The molecule has 4 heteroatoms. The summed E-state index contributed by atoms with van der Waals surface area (Å²) in [6, 6.07) is 76.1. The van der Waals surface area contributed by atoms with E-state index in [0.29, 0.717) is 0 Å². The van der Waals surface area contributed by atoms with Gasteiger partial charge in [-0.25, -0.2) is 4.98 Å². The van der Waals surface area contributed by atoms with Crippen LogP contribution in [0.5, 0.6) is 0 Å². The van der Waals surface area contributed by atoms with Gasteiger partial charge in [0.1, 0.15) is 0 Å². The monoisotopic (exact) mass is 834 g/mol. The third-order valence-corrected chi connectivity index (χ3v) is 15.5. The molecule has 2 nitrogen and oxygen atoms in total. The van der Waals surface area contributed by atoms with E-state index in [4.69, 9.17) is 4.98 Å². The molecule has 10 aromatic carbocycles. The van der Waals surface area contributed by atoms with Crippen LogP contribution < -0.4 is 0 Å². The number of imidazole rings is 1. The second kappa shape index (κ2) is 13.4. The number of hydrogen-bond donors (Lipinski definition) is 0. The Morgan fingerprint density at radius 1 is 0.349 bits per heavy atom. The number of hydrogen-bond acceptors (Lipinski definition) is 3. The topological polar surface area (TPSA) is 17.3 Å². The number of fused-ring (bicyclic) bond motifs is 15. The van der Waals surface area contributed by atoms with Gasteiger partial charge in [-0.3, -0.25) is 4.40 Å². The highest BCUT2D eigenvalue weighted by Gasteiger charge is 2.20. The summed E-state index contributed by atoms with van der Waals surface area (Å²) in [6.45, 7) is 0. The fourth-order valence-electron chi connectivity index (χ4n) is 10.2. The maximum absolute atomic E-state index is 5.48. The number of rotatable bonds is 4. The first-order valence-corrected chi connectivity index (χ1v) is 23.1. The van der Waals surface area contributed by atoms with E-state index in [1.807, 2.05) is 22.7 Å². The first-order chi connectivity index (χ1) is 31.2. The number of nitrogens with zero attached hydrogens (tertiary/aromatic N) is 2. The summed E-state index contributed by atoms with van der Waals surface area (Å²) in [5.74, 6) is 0. The predicted octanol–water partition coefficient (Wildman–Crippen LogP) is 17.4. The minimum Gasteiger partial charge on any atom is -0.291 e. The van der Waals surface area contributed by atoms with Crippen LogP contribution in [0.1, 0.15) is 0 Å². The molecule has 4 aromatic heterocycles. The van der Waals surface area contributed by atoms with Gasteiger partial charge in [0, 0.05) is 41.0 Å². The highest BCUT2D eigenvalue weighted by atomic mass is 32.1. The van der Waals surface area contributed by atoms with Crippen molar-refractivity contribution in [2.45, 2.75) is 0 Å². The van der Waals surface area contributed by atoms with E-state index >= 15 is 0 Å². The van der Waals surface area contributed by atoms with Gasteiger partial charge >= 0.3 is 0 Å². The molecule has 0 N–H and O–H groups in total. The molecule has 0 fully saturated rings. The molecule has 0 atom stereocenters. The largest absolute Gasteiger partial charge is 0.291 e. The standard InChI is InChI=1S/C59H34N2S2/c1-3-11-44-36(9-1)27-32-54-56(44)50-34-52(61-51-31-26-37-10-2-4-12-45(37)57(51)60-59(61)58(50)63-54)40-23-21-39(22-24-40)43-30-29-42(46-13-5-6-14-47(43)46)38-19-17-35(18-20-38)41-25-28-49-48-15-7-8-16-53(48)62-55(49)33-41/h1-34H. The smallest absolute Gasteiger partial charge is 0.156 e. The molecule has 292 valence electrons. The van der Waals surface area contributed by atoms with Crippen LogP contribution in [-0.4, -0.2) is 9.38 Å². The summed E-state index contributed by atoms with van der Waals surface area (Å²) < 4.78 is 7.57. The SMILES string of the molecule is c1ccc2c(c1)ccc1c2nc2c3sc4ccc5ccccc5c4c3cc(-c3ccc(-c4ccc(-c5ccc(-c6ccc7c(c6)sc6ccccc67)cc5)c5ccccc45)cc3)n12. The highest BCUT2D eigenvalue weighted by Crippen LogP contribution is 2.45. The van der Waals surface area contributed by atoms with Crippen molar-refractivity contribution in [2.24, 2.45) is 0 Å². The van der Waals surface area contributed by atoms with Crippen molar-refractivity contribution in [2.75, 3.05) is 0 Å². The maximum atomic E-state index is 5.48. The van der Waals surface area contributed by atoms with Crippen LogP contribution in [0, 0.1) is 0 Å². The Kier molecular flexibility index (Phi) is 7.47. The van der Waals surface area contributed by atoms with Crippen molar-refractivity contribution >= 4 is 112 Å². The Bertz CT molecular complexity index is 4190. The van der Waals surface area contributed by atoms with E-state index in [9.17, 15) is 0 Å².